The molecule has 0 saturated heterocycles. The Labute approximate surface area is 73.6 Å². The molecule has 0 fully saturated rings. The molecule has 0 amide bonds. The lowest BCUT2D eigenvalue weighted by molar-refractivity contribution is -0.123. The van der Waals surface area contributed by atoms with Crippen LogP contribution in [0.1, 0.15) is 39.5 Å². The summed E-state index contributed by atoms with van der Waals surface area (Å²) in [4.78, 5) is 11.0. The number of carbonyl (C=O) groups is 1. The lowest BCUT2D eigenvalue weighted by Gasteiger charge is -2.33. The predicted octanol–water partition coefficient (Wildman–Crippen LogP) is 2.44. The molecular weight excluding hydrogens is 152 g/mol. The van der Waals surface area contributed by atoms with E-state index >= 15 is 0 Å². The number of carbonyl (C=O) groups excluding carboxylic acids is 1. The fourth-order valence-electron chi connectivity index (χ4n) is 1.63. The number of Topliss-reactive ketones (excluding diaryl/α,β-unsaturated/α-hetero) is 1. The van der Waals surface area contributed by atoms with Crippen molar-refractivity contribution in [3.63, 3.8) is 0 Å². The van der Waals surface area contributed by atoms with Crippen LogP contribution in [0.15, 0.2) is 12.3 Å². The van der Waals surface area contributed by atoms with Crippen LogP contribution in [0.25, 0.3) is 0 Å². The van der Waals surface area contributed by atoms with E-state index < -0.39 is 0 Å². The molecule has 12 heavy (non-hydrogen) atoms. The molecule has 2 heteroatoms. The molecule has 1 atom stereocenters. The molecule has 0 N–H and O–H groups in total. The van der Waals surface area contributed by atoms with E-state index in [1.54, 1.807) is 13.2 Å². The fourth-order valence-corrected chi connectivity index (χ4v) is 1.63. The van der Waals surface area contributed by atoms with Gasteiger partial charge in [-0.1, -0.05) is 6.92 Å². The van der Waals surface area contributed by atoms with Crippen LogP contribution in [0.5, 0.6) is 0 Å². The van der Waals surface area contributed by atoms with Crippen molar-refractivity contribution in [2.24, 2.45) is 0 Å². The van der Waals surface area contributed by atoms with Gasteiger partial charge in [-0.2, -0.15) is 0 Å². The first-order valence-electron chi connectivity index (χ1n) is 4.51. The molecule has 68 valence electrons. The van der Waals surface area contributed by atoms with Crippen molar-refractivity contribution in [3.8, 4) is 0 Å². The van der Waals surface area contributed by atoms with Gasteiger partial charge in [-0.15, -0.1) is 0 Å². The maximum Gasteiger partial charge on any atom is 0.133 e. The van der Waals surface area contributed by atoms with Gasteiger partial charge in [0.1, 0.15) is 11.4 Å². The maximum absolute atomic E-state index is 11.0. The standard InChI is InChI=1S/C10H16O2/c1-3-10(8-9(2)11)6-4-5-7-12-10/h5,7H,3-4,6,8H2,1-2H3. The first-order valence-corrected chi connectivity index (χ1v) is 4.51. The topological polar surface area (TPSA) is 26.3 Å². The minimum absolute atomic E-state index is 0.194. The second-order valence-corrected chi connectivity index (χ2v) is 3.44. The summed E-state index contributed by atoms with van der Waals surface area (Å²) in [5.74, 6) is 0.215. The third kappa shape index (κ3) is 2.10. The van der Waals surface area contributed by atoms with Crippen LogP contribution in [0.4, 0.5) is 0 Å². The highest BCUT2D eigenvalue weighted by atomic mass is 16.5. The zero-order valence-electron chi connectivity index (χ0n) is 7.80. The highest BCUT2D eigenvalue weighted by Gasteiger charge is 2.31. The molecule has 0 aromatic rings. The number of allylic oxidation sites excluding steroid dienone is 1. The molecule has 1 heterocycles. The summed E-state index contributed by atoms with van der Waals surface area (Å²) in [5, 5.41) is 0. The second kappa shape index (κ2) is 3.74. The summed E-state index contributed by atoms with van der Waals surface area (Å²) in [6.45, 7) is 3.70. The van der Waals surface area contributed by atoms with Gasteiger partial charge in [0, 0.05) is 6.42 Å². The lowest BCUT2D eigenvalue weighted by Crippen LogP contribution is -2.33. The largest absolute Gasteiger partial charge is 0.495 e. The molecule has 1 aliphatic heterocycles. The summed E-state index contributed by atoms with van der Waals surface area (Å²) in [6, 6.07) is 0. The van der Waals surface area contributed by atoms with E-state index in [2.05, 4.69) is 6.92 Å². The van der Waals surface area contributed by atoms with Crippen LogP contribution in [0.3, 0.4) is 0 Å². The van der Waals surface area contributed by atoms with Crippen molar-refractivity contribution in [1.29, 1.82) is 0 Å². The fraction of sp³-hybridized carbons (Fsp3) is 0.700. The molecule has 0 saturated carbocycles. The van der Waals surface area contributed by atoms with Gasteiger partial charge in [0.05, 0.1) is 6.26 Å². The predicted molar refractivity (Wildman–Crippen MR) is 47.8 cm³/mol. The molecule has 0 aromatic heterocycles. The summed E-state index contributed by atoms with van der Waals surface area (Å²) >= 11 is 0. The van der Waals surface area contributed by atoms with Gasteiger partial charge in [-0.3, -0.25) is 4.79 Å². The summed E-state index contributed by atoms with van der Waals surface area (Å²) < 4.78 is 5.52. The van der Waals surface area contributed by atoms with E-state index in [0.29, 0.717) is 6.42 Å². The minimum Gasteiger partial charge on any atom is -0.495 e. The van der Waals surface area contributed by atoms with Gasteiger partial charge in [0.2, 0.25) is 0 Å². The van der Waals surface area contributed by atoms with Crippen molar-refractivity contribution in [1.82, 2.24) is 0 Å². The van der Waals surface area contributed by atoms with E-state index in [4.69, 9.17) is 4.74 Å². The van der Waals surface area contributed by atoms with Crippen molar-refractivity contribution < 1.29 is 9.53 Å². The third-order valence-corrected chi connectivity index (χ3v) is 2.40. The Morgan fingerprint density at radius 2 is 2.42 bits per heavy atom. The normalized spacial score (nSPS) is 28.2. The third-order valence-electron chi connectivity index (χ3n) is 2.40. The lowest BCUT2D eigenvalue weighted by atomic mass is 9.88. The Balaban J connectivity index is 2.61. The highest BCUT2D eigenvalue weighted by molar-refractivity contribution is 5.76. The summed E-state index contributed by atoms with van der Waals surface area (Å²) in [6.07, 6.45) is 7.20. The molecule has 0 spiro atoms. The highest BCUT2D eigenvalue weighted by Crippen LogP contribution is 2.30. The smallest absolute Gasteiger partial charge is 0.133 e. The Bertz CT molecular complexity index is 196. The number of ether oxygens (including phenoxy) is 1. The van der Waals surface area contributed by atoms with Gasteiger partial charge >= 0.3 is 0 Å². The average Bonchev–Trinajstić information content (AvgIpc) is 2.05. The monoisotopic (exact) mass is 168 g/mol. The summed E-state index contributed by atoms with van der Waals surface area (Å²) in [5.41, 5.74) is -0.194. The van der Waals surface area contributed by atoms with E-state index in [-0.39, 0.29) is 11.4 Å². The van der Waals surface area contributed by atoms with Gasteiger partial charge in [-0.25, -0.2) is 0 Å². The zero-order chi connectivity index (χ0) is 9.03. The van der Waals surface area contributed by atoms with Crippen molar-refractivity contribution in [2.75, 3.05) is 0 Å². The van der Waals surface area contributed by atoms with Gasteiger partial charge in [0.15, 0.2) is 0 Å². The van der Waals surface area contributed by atoms with Crippen molar-refractivity contribution >= 4 is 5.78 Å². The van der Waals surface area contributed by atoms with Crippen LogP contribution in [0.2, 0.25) is 0 Å². The minimum atomic E-state index is -0.194. The van der Waals surface area contributed by atoms with Crippen molar-refractivity contribution in [2.45, 2.75) is 45.1 Å². The molecule has 1 aliphatic rings. The molecular formula is C10H16O2. The molecule has 0 aliphatic carbocycles. The van der Waals surface area contributed by atoms with Crippen molar-refractivity contribution in [3.05, 3.63) is 12.3 Å². The Hall–Kier alpha value is -0.790. The van der Waals surface area contributed by atoms with Crippen LogP contribution >= 0.6 is 0 Å². The maximum atomic E-state index is 11.0. The quantitative estimate of drug-likeness (QED) is 0.647. The van der Waals surface area contributed by atoms with Gasteiger partial charge in [0.25, 0.3) is 0 Å². The van der Waals surface area contributed by atoms with Gasteiger partial charge in [-0.05, 0) is 32.3 Å². The zero-order valence-corrected chi connectivity index (χ0v) is 7.80. The Kier molecular flexibility index (Phi) is 2.90. The Morgan fingerprint density at radius 1 is 1.67 bits per heavy atom. The SMILES string of the molecule is CCC1(CC(C)=O)CCC=CO1. The first-order chi connectivity index (χ1) is 5.68. The van der Waals surface area contributed by atoms with Crippen LogP contribution in [-0.4, -0.2) is 11.4 Å². The molecule has 0 radical (unpaired) electrons. The number of hydrogen-bond acceptors (Lipinski definition) is 2. The molecule has 2 nitrogen and oxygen atoms in total. The molecule has 0 aromatic carbocycles. The van der Waals surface area contributed by atoms with E-state index in [0.717, 1.165) is 19.3 Å². The van der Waals surface area contributed by atoms with E-state index in [9.17, 15) is 4.79 Å². The number of ketones is 1. The van der Waals surface area contributed by atoms with Gasteiger partial charge < -0.3 is 4.74 Å². The second-order valence-electron chi connectivity index (χ2n) is 3.44. The van der Waals surface area contributed by atoms with Crippen LogP contribution in [-0.2, 0) is 9.53 Å². The molecule has 1 unspecified atom stereocenters. The Morgan fingerprint density at radius 3 is 2.83 bits per heavy atom. The average molecular weight is 168 g/mol. The van der Waals surface area contributed by atoms with Crippen LogP contribution < -0.4 is 0 Å². The summed E-state index contributed by atoms with van der Waals surface area (Å²) in [7, 11) is 0. The van der Waals surface area contributed by atoms with E-state index in [1.165, 1.54) is 0 Å². The number of rotatable bonds is 3. The van der Waals surface area contributed by atoms with E-state index in [1.807, 2.05) is 6.08 Å². The molecule has 0 bridgehead atoms. The molecule has 1 rings (SSSR count). The number of hydrogen-bond donors (Lipinski definition) is 0. The van der Waals surface area contributed by atoms with Crippen LogP contribution in [0, 0.1) is 0 Å². The first kappa shape index (κ1) is 9.30.